The maximum absolute atomic E-state index is 13.2. The fourth-order valence-electron chi connectivity index (χ4n) is 4.42. The summed E-state index contributed by atoms with van der Waals surface area (Å²) in [6.07, 6.45) is 6.09. The third-order valence-electron chi connectivity index (χ3n) is 5.93. The van der Waals surface area contributed by atoms with Gasteiger partial charge in [0.1, 0.15) is 5.82 Å². The van der Waals surface area contributed by atoms with Crippen molar-refractivity contribution in [2.75, 3.05) is 37.6 Å². The van der Waals surface area contributed by atoms with Crippen LogP contribution in [-0.4, -0.2) is 74.0 Å². The summed E-state index contributed by atoms with van der Waals surface area (Å²) in [5.41, 5.74) is 2.22. The van der Waals surface area contributed by atoms with Crippen molar-refractivity contribution < 1.29 is 4.79 Å². The number of piperazine rings is 1. The molecule has 0 aliphatic carbocycles. The van der Waals surface area contributed by atoms with Crippen molar-refractivity contribution in [1.82, 2.24) is 29.4 Å². The van der Waals surface area contributed by atoms with Crippen molar-refractivity contribution >= 4 is 11.7 Å². The van der Waals surface area contributed by atoms with Gasteiger partial charge in [-0.3, -0.25) is 28.9 Å². The minimum absolute atomic E-state index is 0.00560. The van der Waals surface area contributed by atoms with Crippen molar-refractivity contribution in [2.45, 2.75) is 45.8 Å². The molecule has 0 unspecified atom stereocenters. The first kappa shape index (κ1) is 19.1. The molecule has 0 aromatic carbocycles. The summed E-state index contributed by atoms with van der Waals surface area (Å²) < 4.78 is 3.80. The van der Waals surface area contributed by atoms with Gasteiger partial charge in [-0.15, -0.1) is 0 Å². The van der Waals surface area contributed by atoms with E-state index in [9.17, 15) is 4.79 Å². The molecule has 28 heavy (non-hydrogen) atoms. The highest BCUT2D eigenvalue weighted by Gasteiger charge is 2.36. The van der Waals surface area contributed by atoms with Gasteiger partial charge in [-0.05, 0) is 26.7 Å². The zero-order valence-electron chi connectivity index (χ0n) is 17.2. The third-order valence-corrected chi connectivity index (χ3v) is 5.93. The van der Waals surface area contributed by atoms with Gasteiger partial charge in [0.15, 0.2) is 0 Å². The minimum atomic E-state index is -0.00560. The Kier molecular flexibility index (Phi) is 5.50. The normalized spacial score (nSPS) is 22.2. The van der Waals surface area contributed by atoms with E-state index >= 15 is 0 Å². The van der Waals surface area contributed by atoms with E-state index < -0.39 is 0 Å². The molecule has 4 heterocycles. The van der Waals surface area contributed by atoms with Gasteiger partial charge >= 0.3 is 0 Å². The van der Waals surface area contributed by atoms with E-state index in [0.717, 1.165) is 70.2 Å². The van der Waals surface area contributed by atoms with Gasteiger partial charge in [0.05, 0.1) is 17.9 Å². The summed E-state index contributed by atoms with van der Waals surface area (Å²) >= 11 is 0. The van der Waals surface area contributed by atoms with E-state index in [4.69, 9.17) is 0 Å². The van der Waals surface area contributed by atoms with Crippen LogP contribution in [0.3, 0.4) is 0 Å². The summed E-state index contributed by atoms with van der Waals surface area (Å²) in [6, 6.07) is 2.00. The Bertz CT molecular complexity index is 818. The second-order valence-corrected chi connectivity index (χ2v) is 7.93. The lowest BCUT2D eigenvalue weighted by Gasteiger charge is -2.42. The summed E-state index contributed by atoms with van der Waals surface area (Å²) in [5.74, 6) is 1.14. The molecule has 2 fully saturated rings. The number of carbonyl (C=O) groups excluding carboxylic acids is 1. The van der Waals surface area contributed by atoms with Crippen LogP contribution in [0, 0.1) is 6.92 Å². The first-order valence-corrected chi connectivity index (χ1v) is 10.3. The van der Waals surface area contributed by atoms with Crippen molar-refractivity contribution in [3.8, 4) is 0 Å². The fourth-order valence-corrected chi connectivity index (χ4v) is 4.42. The van der Waals surface area contributed by atoms with Crippen LogP contribution in [0.15, 0.2) is 18.5 Å². The molecular weight excluding hydrogens is 354 g/mol. The summed E-state index contributed by atoms with van der Waals surface area (Å²) in [6.45, 7) is 10.6. The molecule has 0 spiro atoms. The molecule has 0 radical (unpaired) electrons. The Morgan fingerprint density at radius 2 is 1.96 bits per heavy atom. The highest BCUT2D eigenvalue weighted by Crippen LogP contribution is 2.25. The fraction of sp³-hybridized carbons (Fsp3) is 0.650. The van der Waals surface area contributed by atoms with Gasteiger partial charge < -0.3 is 0 Å². The number of hydrogen-bond acceptors (Lipinski definition) is 5. The van der Waals surface area contributed by atoms with Crippen LogP contribution < -0.4 is 4.90 Å². The number of rotatable bonds is 5. The summed E-state index contributed by atoms with van der Waals surface area (Å²) in [5, 5.41) is 8.78. The predicted molar refractivity (Wildman–Crippen MR) is 108 cm³/mol. The van der Waals surface area contributed by atoms with Crippen LogP contribution >= 0.6 is 0 Å². The topological polar surface area (TPSA) is 62.4 Å². The molecule has 8 nitrogen and oxygen atoms in total. The van der Waals surface area contributed by atoms with E-state index in [1.807, 2.05) is 40.5 Å². The second-order valence-electron chi connectivity index (χ2n) is 7.93. The van der Waals surface area contributed by atoms with E-state index in [2.05, 4.69) is 33.1 Å². The van der Waals surface area contributed by atoms with Gasteiger partial charge in [-0.2, -0.15) is 10.2 Å². The lowest BCUT2D eigenvalue weighted by atomic mass is 10.0. The number of nitrogens with zero attached hydrogens (tertiary/aromatic N) is 7. The van der Waals surface area contributed by atoms with Crippen molar-refractivity contribution in [1.29, 1.82) is 0 Å². The monoisotopic (exact) mass is 385 g/mol. The maximum Gasteiger partial charge on any atom is 0.245 e. The number of aryl methyl sites for hydroxylation is 3. The molecule has 2 aromatic heterocycles. The van der Waals surface area contributed by atoms with Gasteiger partial charge in [-0.25, -0.2) is 0 Å². The SMILES string of the molecule is CCn1cc(CN2CCN([C@H]3CCCN(c4cc(C)nn4C)C3=O)CC2)cn1. The molecule has 2 aliphatic rings. The van der Waals surface area contributed by atoms with E-state index in [0.29, 0.717) is 0 Å². The molecule has 2 saturated heterocycles. The molecule has 0 bridgehead atoms. The largest absolute Gasteiger partial charge is 0.296 e. The first-order valence-electron chi connectivity index (χ1n) is 10.3. The van der Waals surface area contributed by atoms with Crippen LogP contribution in [0.25, 0.3) is 0 Å². The van der Waals surface area contributed by atoms with Crippen LogP contribution in [0.1, 0.15) is 31.0 Å². The second kappa shape index (κ2) is 8.05. The number of amides is 1. The van der Waals surface area contributed by atoms with E-state index in [1.54, 1.807) is 0 Å². The average molecular weight is 386 g/mol. The first-order chi connectivity index (χ1) is 13.5. The van der Waals surface area contributed by atoms with Crippen LogP contribution in [-0.2, 0) is 24.9 Å². The van der Waals surface area contributed by atoms with Crippen LogP contribution in [0.5, 0.6) is 0 Å². The van der Waals surface area contributed by atoms with Gasteiger partial charge in [0.2, 0.25) is 5.91 Å². The molecule has 2 aromatic rings. The van der Waals surface area contributed by atoms with Gasteiger partial charge in [-0.1, -0.05) is 0 Å². The molecular formula is C20H31N7O. The van der Waals surface area contributed by atoms with E-state index in [1.165, 1.54) is 5.56 Å². The number of anilines is 1. The lowest BCUT2D eigenvalue weighted by Crippen LogP contribution is -2.57. The number of hydrogen-bond donors (Lipinski definition) is 0. The zero-order valence-corrected chi connectivity index (χ0v) is 17.2. The molecule has 4 rings (SSSR count). The molecule has 1 amide bonds. The van der Waals surface area contributed by atoms with E-state index in [-0.39, 0.29) is 11.9 Å². The van der Waals surface area contributed by atoms with Crippen molar-refractivity contribution in [3.63, 3.8) is 0 Å². The molecule has 0 N–H and O–H groups in total. The van der Waals surface area contributed by atoms with Crippen molar-refractivity contribution in [3.05, 3.63) is 29.7 Å². The average Bonchev–Trinajstić information content (AvgIpc) is 3.28. The van der Waals surface area contributed by atoms with Crippen molar-refractivity contribution in [2.24, 2.45) is 7.05 Å². The molecule has 0 saturated carbocycles. The Labute approximate surface area is 166 Å². The quantitative estimate of drug-likeness (QED) is 0.775. The summed E-state index contributed by atoms with van der Waals surface area (Å²) in [7, 11) is 1.92. The number of piperidine rings is 1. The highest BCUT2D eigenvalue weighted by molar-refractivity contribution is 5.97. The summed E-state index contributed by atoms with van der Waals surface area (Å²) in [4.78, 5) is 20.0. The molecule has 8 heteroatoms. The Hall–Kier alpha value is -2.19. The Morgan fingerprint density at radius 3 is 2.61 bits per heavy atom. The minimum Gasteiger partial charge on any atom is -0.296 e. The zero-order chi connectivity index (χ0) is 19.7. The van der Waals surface area contributed by atoms with Crippen LogP contribution in [0.2, 0.25) is 0 Å². The predicted octanol–water partition coefficient (Wildman–Crippen LogP) is 1.26. The Balaban J connectivity index is 1.36. The number of carbonyl (C=O) groups is 1. The Morgan fingerprint density at radius 1 is 1.18 bits per heavy atom. The standard InChI is InChI=1S/C20H31N7O/c1-4-26-15-17(13-21-26)14-24-8-10-25(11-9-24)18-6-5-7-27(20(18)28)19-12-16(2)22-23(19)3/h12-13,15,18H,4-11,14H2,1-3H3/t18-/m0/s1. The molecule has 1 atom stereocenters. The number of aromatic nitrogens is 4. The molecule has 2 aliphatic heterocycles. The van der Waals surface area contributed by atoms with Gasteiger partial charge in [0, 0.05) is 70.7 Å². The van der Waals surface area contributed by atoms with Gasteiger partial charge in [0.25, 0.3) is 0 Å². The lowest BCUT2D eigenvalue weighted by molar-refractivity contribution is -0.126. The van der Waals surface area contributed by atoms with Crippen LogP contribution in [0.4, 0.5) is 5.82 Å². The molecule has 152 valence electrons. The third kappa shape index (κ3) is 3.84. The maximum atomic E-state index is 13.2. The highest BCUT2D eigenvalue weighted by atomic mass is 16.2. The smallest absolute Gasteiger partial charge is 0.245 e.